The monoisotopic (exact) mass is 849 g/mol. The van der Waals surface area contributed by atoms with E-state index < -0.39 is 0 Å². The summed E-state index contributed by atoms with van der Waals surface area (Å²) in [7, 11) is 0. The predicted octanol–water partition coefficient (Wildman–Crippen LogP) is 18.0. The van der Waals surface area contributed by atoms with Crippen molar-refractivity contribution in [2.45, 2.75) is 86.5 Å². The Morgan fingerprint density at radius 3 is 1.54 bits per heavy atom. The second-order valence-electron chi connectivity index (χ2n) is 18.4. The maximum Gasteiger partial charge on any atom is 0.0158 e. The minimum Gasteiger partial charge on any atom is -0.0990 e. The van der Waals surface area contributed by atoms with Crippen LogP contribution < -0.4 is 0 Å². The molecule has 65 heavy (non-hydrogen) atoms. The van der Waals surface area contributed by atoms with Crippen LogP contribution in [0.15, 0.2) is 213 Å². The van der Waals surface area contributed by atoms with Gasteiger partial charge in [0.15, 0.2) is 0 Å². The summed E-state index contributed by atoms with van der Waals surface area (Å²) in [6.07, 6.45) is 16.0. The van der Waals surface area contributed by atoms with E-state index in [2.05, 4.69) is 257 Å². The van der Waals surface area contributed by atoms with Crippen LogP contribution >= 0.6 is 0 Å². The fraction of sp³-hybridized carbons (Fsp3) is 0.200. The highest BCUT2D eigenvalue weighted by atomic mass is 14.4. The summed E-state index contributed by atoms with van der Waals surface area (Å²) >= 11 is 0. The lowest BCUT2D eigenvalue weighted by molar-refractivity contribution is 0.601. The van der Waals surface area contributed by atoms with Gasteiger partial charge in [-0.3, -0.25) is 0 Å². The van der Waals surface area contributed by atoms with Crippen LogP contribution in [0.3, 0.4) is 0 Å². The van der Waals surface area contributed by atoms with Crippen molar-refractivity contribution in [3.63, 3.8) is 0 Å². The molecule has 2 aliphatic carbocycles. The molecule has 0 N–H and O–H groups in total. The van der Waals surface area contributed by atoms with Gasteiger partial charge in [0.05, 0.1) is 0 Å². The van der Waals surface area contributed by atoms with E-state index in [0.29, 0.717) is 0 Å². The molecule has 2 aliphatic rings. The number of hydrogen-bond acceptors (Lipinski definition) is 0. The largest absolute Gasteiger partial charge is 0.0990 e. The normalized spacial score (nSPS) is 15.5. The highest BCUT2D eigenvalue weighted by molar-refractivity contribution is 5.81. The summed E-state index contributed by atoms with van der Waals surface area (Å²) in [6, 6.07) is 58.8. The van der Waals surface area contributed by atoms with Crippen molar-refractivity contribution >= 4 is 11.1 Å². The lowest BCUT2D eigenvalue weighted by atomic mass is 9.75. The van der Waals surface area contributed by atoms with Gasteiger partial charge >= 0.3 is 0 Å². The molecule has 7 aromatic rings. The lowest BCUT2D eigenvalue weighted by Crippen LogP contribution is -2.20. The summed E-state index contributed by atoms with van der Waals surface area (Å²) in [4.78, 5) is 0. The van der Waals surface area contributed by atoms with E-state index in [0.717, 1.165) is 6.42 Å². The standard InChI is InChI=1S/C21H22.C16H16.C14H14.C14H16/c1-16-4-8-18(9-5-16)19-12-14-21(3,15-13-19)20-10-6-17(2)7-11-20;1-11-8-9-15-13(10-11)12-6-4-5-7-14(12)16(15,2)3;1-11-7-3-5-9-13(11)14-10-6-4-8-12(14)2;1-4-6-13(7-5-2)14-10-8-12(3)9-11-14/h4-14H,15H2,1-3H3;4-10H,1-3H3;3-10H,1-2H3;4-11H,1H2,2-3H3/b;;;7-5-,13-6+. The van der Waals surface area contributed by atoms with Gasteiger partial charge in [-0.1, -0.05) is 256 Å². The molecule has 0 spiro atoms. The highest BCUT2D eigenvalue weighted by Crippen LogP contribution is 2.48. The fourth-order valence-electron chi connectivity index (χ4n) is 8.72. The Kier molecular flexibility index (Phi) is 16.0. The van der Waals surface area contributed by atoms with Crippen molar-refractivity contribution in [3.8, 4) is 22.3 Å². The smallest absolute Gasteiger partial charge is 0.0158 e. The molecule has 0 aromatic heterocycles. The third-order valence-electron chi connectivity index (χ3n) is 12.8. The molecule has 0 nitrogen and oxygen atoms in total. The van der Waals surface area contributed by atoms with E-state index in [1.54, 1.807) is 0 Å². The first-order chi connectivity index (χ1) is 31.2. The summed E-state index contributed by atoms with van der Waals surface area (Å²) in [5.41, 5.74) is 23.1. The Balaban J connectivity index is 0.000000146. The Morgan fingerprint density at radius 2 is 1.02 bits per heavy atom. The number of benzene rings is 7. The zero-order valence-electron chi connectivity index (χ0n) is 40.5. The van der Waals surface area contributed by atoms with Crippen LogP contribution in [0.25, 0.3) is 33.4 Å². The maximum absolute atomic E-state index is 3.72. The number of fused-ring (bicyclic) bond motifs is 3. The van der Waals surface area contributed by atoms with Crippen molar-refractivity contribution in [3.05, 3.63) is 274 Å². The van der Waals surface area contributed by atoms with Gasteiger partial charge in [-0.15, -0.1) is 0 Å². The molecule has 0 radical (unpaired) electrons. The SMILES string of the molecule is C=C/C=C(\C=C/C)c1ccc(C)cc1.Cc1ccc(C2=CCC(C)(c3ccc(C)cc3)C=C2)cc1.Cc1ccc2c(c1)-c1ccccc1C2(C)C.Cc1ccccc1-c1ccccc1C. The topological polar surface area (TPSA) is 0 Å². The molecular formula is C65H68. The first-order valence-corrected chi connectivity index (χ1v) is 23.1. The zero-order chi connectivity index (χ0) is 46.6. The Labute approximate surface area is 392 Å². The summed E-state index contributed by atoms with van der Waals surface area (Å²) in [5.74, 6) is 0. The predicted molar refractivity (Wildman–Crippen MR) is 286 cm³/mol. The summed E-state index contributed by atoms with van der Waals surface area (Å²) in [6.45, 7) is 25.5. The second-order valence-corrected chi connectivity index (χ2v) is 18.4. The first kappa shape index (κ1) is 47.7. The van der Waals surface area contributed by atoms with Crippen LogP contribution in [0.1, 0.15) is 95.3 Å². The Bertz CT molecular complexity index is 2770. The molecule has 0 fully saturated rings. The highest BCUT2D eigenvalue weighted by Gasteiger charge is 2.34. The van der Waals surface area contributed by atoms with E-state index in [9.17, 15) is 0 Å². The summed E-state index contributed by atoms with van der Waals surface area (Å²) < 4.78 is 0. The van der Waals surface area contributed by atoms with Crippen molar-refractivity contribution < 1.29 is 0 Å². The van der Waals surface area contributed by atoms with Crippen LogP contribution in [0.5, 0.6) is 0 Å². The third kappa shape index (κ3) is 11.9. The number of aryl methyl sites for hydroxylation is 6. The molecule has 0 saturated heterocycles. The molecular weight excluding hydrogens is 781 g/mol. The van der Waals surface area contributed by atoms with Crippen LogP contribution in [-0.2, 0) is 10.8 Å². The Hall–Kier alpha value is -6.76. The molecule has 0 amide bonds. The number of rotatable bonds is 6. The molecule has 0 bridgehead atoms. The van der Waals surface area contributed by atoms with Crippen LogP contribution in [0.4, 0.5) is 0 Å². The van der Waals surface area contributed by atoms with E-state index in [1.165, 1.54) is 94.6 Å². The molecule has 0 heterocycles. The van der Waals surface area contributed by atoms with Crippen LogP contribution in [-0.4, -0.2) is 0 Å². The van der Waals surface area contributed by atoms with Gasteiger partial charge in [0.1, 0.15) is 0 Å². The van der Waals surface area contributed by atoms with Gasteiger partial charge in [-0.2, -0.15) is 0 Å². The average molecular weight is 849 g/mol. The molecule has 0 aliphatic heterocycles. The molecule has 9 rings (SSSR count). The van der Waals surface area contributed by atoms with Gasteiger partial charge in [0.2, 0.25) is 0 Å². The quantitative estimate of drug-likeness (QED) is 0.146. The third-order valence-corrected chi connectivity index (χ3v) is 12.8. The Morgan fingerprint density at radius 1 is 0.523 bits per heavy atom. The van der Waals surface area contributed by atoms with E-state index >= 15 is 0 Å². The fourth-order valence-corrected chi connectivity index (χ4v) is 8.72. The van der Waals surface area contributed by atoms with Gasteiger partial charge in [0, 0.05) is 10.8 Å². The first-order valence-electron chi connectivity index (χ1n) is 23.1. The molecule has 0 heteroatoms. The van der Waals surface area contributed by atoms with E-state index in [4.69, 9.17) is 0 Å². The molecule has 1 unspecified atom stereocenters. The minimum atomic E-state index is 0.113. The van der Waals surface area contributed by atoms with Crippen molar-refractivity contribution in [2.75, 3.05) is 0 Å². The number of allylic oxidation sites excluding steroid dienone is 9. The van der Waals surface area contributed by atoms with Crippen molar-refractivity contribution in [1.82, 2.24) is 0 Å². The van der Waals surface area contributed by atoms with Gasteiger partial charge < -0.3 is 0 Å². The van der Waals surface area contributed by atoms with Crippen LogP contribution in [0.2, 0.25) is 0 Å². The van der Waals surface area contributed by atoms with E-state index in [1.807, 2.05) is 25.2 Å². The minimum absolute atomic E-state index is 0.113. The average Bonchev–Trinajstić information content (AvgIpc) is 3.53. The van der Waals surface area contributed by atoms with Crippen molar-refractivity contribution in [2.24, 2.45) is 0 Å². The molecule has 1 atom stereocenters. The molecule has 7 aromatic carbocycles. The van der Waals surface area contributed by atoms with Crippen LogP contribution in [0, 0.1) is 41.5 Å². The van der Waals surface area contributed by atoms with Gasteiger partial charge in [-0.05, 0) is 127 Å². The maximum atomic E-state index is 3.72. The summed E-state index contributed by atoms with van der Waals surface area (Å²) in [5, 5.41) is 0. The van der Waals surface area contributed by atoms with Gasteiger partial charge in [-0.25, -0.2) is 0 Å². The van der Waals surface area contributed by atoms with E-state index in [-0.39, 0.29) is 10.8 Å². The van der Waals surface area contributed by atoms with Gasteiger partial charge in [0.25, 0.3) is 0 Å². The molecule has 328 valence electrons. The zero-order valence-corrected chi connectivity index (χ0v) is 40.5. The number of hydrogen-bond donors (Lipinski definition) is 0. The second kappa shape index (κ2) is 21.7. The van der Waals surface area contributed by atoms with Crippen molar-refractivity contribution in [1.29, 1.82) is 0 Å². The lowest BCUT2D eigenvalue weighted by Gasteiger charge is -2.29. The molecule has 0 saturated carbocycles.